The Labute approximate surface area is 138 Å². The van der Waals surface area contributed by atoms with Gasteiger partial charge in [0.25, 0.3) is 5.56 Å². The number of rotatable bonds is 6. The van der Waals surface area contributed by atoms with Gasteiger partial charge in [0.15, 0.2) is 5.16 Å². The molecule has 2 N–H and O–H groups in total. The summed E-state index contributed by atoms with van der Waals surface area (Å²) in [5.41, 5.74) is 1.03. The molecule has 0 fully saturated rings. The molecule has 0 aliphatic rings. The van der Waals surface area contributed by atoms with Crippen molar-refractivity contribution in [2.45, 2.75) is 25.0 Å². The first kappa shape index (κ1) is 16.8. The van der Waals surface area contributed by atoms with Crippen LogP contribution in [0.15, 0.2) is 40.3 Å². The van der Waals surface area contributed by atoms with Crippen LogP contribution in [0, 0.1) is 11.3 Å². The lowest BCUT2D eigenvalue weighted by atomic mass is 10.2. The van der Waals surface area contributed by atoms with Gasteiger partial charge in [0.1, 0.15) is 11.6 Å². The van der Waals surface area contributed by atoms with Crippen molar-refractivity contribution >= 4 is 17.7 Å². The number of hydrogen-bond acceptors (Lipinski definition) is 5. The summed E-state index contributed by atoms with van der Waals surface area (Å²) in [5.74, 6) is -0.00548. The highest BCUT2D eigenvalue weighted by Gasteiger charge is 2.11. The summed E-state index contributed by atoms with van der Waals surface area (Å²) in [7, 11) is 0. The van der Waals surface area contributed by atoms with E-state index in [1.165, 1.54) is 0 Å². The van der Waals surface area contributed by atoms with Crippen LogP contribution in [0.25, 0.3) is 0 Å². The SMILES string of the molecule is CCc1nc(SCC(=O)NCc2ccccc2)[nH]c(=O)c1C#N. The fraction of sp³-hybridized carbons (Fsp3) is 0.250. The van der Waals surface area contributed by atoms with Crippen LogP contribution in [0.1, 0.15) is 23.7 Å². The van der Waals surface area contributed by atoms with Crippen LogP contribution in [0.3, 0.4) is 0 Å². The molecule has 0 bridgehead atoms. The number of aryl methyl sites for hydroxylation is 1. The van der Waals surface area contributed by atoms with Gasteiger partial charge in [-0.25, -0.2) is 4.98 Å². The number of benzene rings is 1. The van der Waals surface area contributed by atoms with Gasteiger partial charge in [-0.15, -0.1) is 0 Å². The Kier molecular flexibility index (Phi) is 5.94. The number of amides is 1. The van der Waals surface area contributed by atoms with E-state index in [9.17, 15) is 9.59 Å². The number of aromatic amines is 1. The highest BCUT2D eigenvalue weighted by molar-refractivity contribution is 7.99. The van der Waals surface area contributed by atoms with E-state index in [2.05, 4.69) is 15.3 Å². The van der Waals surface area contributed by atoms with Crippen LogP contribution in [-0.2, 0) is 17.8 Å². The number of H-pyrrole nitrogens is 1. The van der Waals surface area contributed by atoms with E-state index in [1.54, 1.807) is 0 Å². The van der Waals surface area contributed by atoms with Gasteiger partial charge in [-0.05, 0) is 12.0 Å². The van der Waals surface area contributed by atoms with Gasteiger partial charge < -0.3 is 10.3 Å². The molecule has 2 aromatic rings. The van der Waals surface area contributed by atoms with E-state index in [0.717, 1.165) is 17.3 Å². The van der Waals surface area contributed by atoms with E-state index >= 15 is 0 Å². The van der Waals surface area contributed by atoms with Crippen LogP contribution in [0.5, 0.6) is 0 Å². The highest BCUT2D eigenvalue weighted by Crippen LogP contribution is 2.12. The maximum atomic E-state index is 11.8. The Balaban J connectivity index is 1.93. The fourth-order valence-electron chi connectivity index (χ4n) is 1.92. The zero-order chi connectivity index (χ0) is 16.7. The van der Waals surface area contributed by atoms with Crippen LogP contribution in [0.2, 0.25) is 0 Å². The smallest absolute Gasteiger partial charge is 0.269 e. The van der Waals surface area contributed by atoms with Crippen molar-refractivity contribution in [3.63, 3.8) is 0 Å². The van der Waals surface area contributed by atoms with Gasteiger partial charge in [-0.2, -0.15) is 5.26 Å². The Morgan fingerprint density at radius 1 is 1.39 bits per heavy atom. The van der Waals surface area contributed by atoms with Gasteiger partial charge >= 0.3 is 0 Å². The van der Waals surface area contributed by atoms with Gasteiger partial charge in [0, 0.05) is 6.54 Å². The molecule has 0 spiro atoms. The second-order valence-corrected chi connectivity index (χ2v) is 5.67. The number of thioether (sulfide) groups is 1. The van der Waals surface area contributed by atoms with Crippen molar-refractivity contribution < 1.29 is 4.79 Å². The third-order valence-electron chi connectivity index (χ3n) is 3.09. The molecule has 1 heterocycles. The number of nitriles is 1. The number of aromatic nitrogens is 2. The summed E-state index contributed by atoms with van der Waals surface area (Å²) in [6, 6.07) is 11.5. The summed E-state index contributed by atoms with van der Waals surface area (Å²) >= 11 is 1.14. The Hall–Kier alpha value is -2.59. The van der Waals surface area contributed by atoms with Crippen molar-refractivity contribution in [3.8, 4) is 6.07 Å². The topological polar surface area (TPSA) is 98.6 Å². The molecule has 0 radical (unpaired) electrons. The van der Waals surface area contributed by atoms with Crippen molar-refractivity contribution in [2.75, 3.05) is 5.75 Å². The summed E-state index contributed by atoms with van der Waals surface area (Å²) in [4.78, 5) is 30.4. The van der Waals surface area contributed by atoms with Gasteiger partial charge in [-0.3, -0.25) is 9.59 Å². The number of hydrogen-bond donors (Lipinski definition) is 2. The lowest BCUT2D eigenvalue weighted by molar-refractivity contribution is -0.118. The molecule has 0 aliphatic carbocycles. The van der Waals surface area contributed by atoms with Crippen molar-refractivity contribution in [2.24, 2.45) is 0 Å². The molecule has 23 heavy (non-hydrogen) atoms. The van der Waals surface area contributed by atoms with Crippen molar-refractivity contribution in [1.29, 1.82) is 5.26 Å². The average Bonchev–Trinajstić information content (AvgIpc) is 2.58. The molecule has 0 unspecified atom stereocenters. The number of nitrogens with one attached hydrogen (secondary N) is 2. The van der Waals surface area contributed by atoms with Crippen LogP contribution < -0.4 is 10.9 Å². The lowest BCUT2D eigenvalue weighted by Gasteiger charge is -2.06. The first-order valence-corrected chi connectivity index (χ1v) is 8.09. The monoisotopic (exact) mass is 328 g/mol. The second kappa shape index (κ2) is 8.15. The molecule has 1 aromatic carbocycles. The highest BCUT2D eigenvalue weighted by atomic mass is 32.2. The quantitative estimate of drug-likeness (QED) is 0.620. The third kappa shape index (κ3) is 4.69. The van der Waals surface area contributed by atoms with E-state index in [-0.39, 0.29) is 17.2 Å². The molecule has 1 aromatic heterocycles. The molecule has 0 aliphatic heterocycles. The predicted molar refractivity (Wildman–Crippen MR) is 88.0 cm³/mol. The Morgan fingerprint density at radius 3 is 2.78 bits per heavy atom. The van der Waals surface area contributed by atoms with Crippen LogP contribution >= 0.6 is 11.8 Å². The second-order valence-electron chi connectivity index (χ2n) is 4.71. The zero-order valence-electron chi connectivity index (χ0n) is 12.6. The maximum Gasteiger partial charge on any atom is 0.269 e. The van der Waals surface area contributed by atoms with Crippen LogP contribution in [0.4, 0.5) is 0 Å². The lowest BCUT2D eigenvalue weighted by Crippen LogP contribution is -2.25. The van der Waals surface area contributed by atoms with E-state index < -0.39 is 5.56 Å². The number of carbonyl (C=O) groups is 1. The Bertz CT molecular complexity index is 781. The normalized spacial score (nSPS) is 10.1. The maximum absolute atomic E-state index is 11.8. The standard InChI is InChI=1S/C16H16N4O2S/c1-2-13-12(8-17)15(22)20-16(19-13)23-10-14(21)18-9-11-6-4-3-5-7-11/h3-7H,2,9-10H2,1H3,(H,18,21)(H,19,20,22). The molecular formula is C16H16N4O2S. The summed E-state index contributed by atoms with van der Waals surface area (Å²) in [6.45, 7) is 2.28. The fourth-order valence-corrected chi connectivity index (χ4v) is 2.63. The molecule has 6 nitrogen and oxygen atoms in total. The van der Waals surface area contributed by atoms with E-state index in [4.69, 9.17) is 5.26 Å². The van der Waals surface area contributed by atoms with Gasteiger partial charge in [0.2, 0.25) is 5.91 Å². The van der Waals surface area contributed by atoms with Crippen molar-refractivity contribution in [3.05, 3.63) is 57.5 Å². The Morgan fingerprint density at radius 2 is 2.13 bits per heavy atom. The molecule has 7 heteroatoms. The summed E-state index contributed by atoms with van der Waals surface area (Å²) in [6.07, 6.45) is 0.487. The average molecular weight is 328 g/mol. The minimum atomic E-state index is -0.466. The molecule has 118 valence electrons. The summed E-state index contributed by atoms with van der Waals surface area (Å²) < 4.78 is 0. The molecule has 1 amide bonds. The number of nitrogens with zero attached hydrogens (tertiary/aromatic N) is 2. The first-order chi connectivity index (χ1) is 11.1. The minimum absolute atomic E-state index is 0.0328. The molecule has 0 saturated carbocycles. The minimum Gasteiger partial charge on any atom is -0.351 e. The molecule has 2 rings (SSSR count). The van der Waals surface area contributed by atoms with Gasteiger partial charge in [0.05, 0.1) is 11.4 Å². The summed E-state index contributed by atoms with van der Waals surface area (Å²) in [5, 5.41) is 12.1. The molecular weight excluding hydrogens is 312 g/mol. The first-order valence-electron chi connectivity index (χ1n) is 7.10. The predicted octanol–water partition coefficient (Wildman–Crippen LogP) is 1.61. The van der Waals surface area contributed by atoms with Crippen molar-refractivity contribution in [1.82, 2.24) is 15.3 Å². The molecule has 0 saturated heterocycles. The third-order valence-corrected chi connectivity index (χ3v) is 3.97. The molecule has 0 atom stereocenters. The number of carbonyl (C=O) groups excluding carboxylic acids is 1. The van der Waals surface area contributed by atoms with E-state index in [0.29, 0.717) is 23.8 Å². The van der Waals surface area contributed by atoms with Crippen LogP contribution in [-0.4, -0.2) is 21.6 Å². The largest absolute Gasteiger partial charge is 0.351 e. The zero-order valence-corrected chi connectivity index (χ0v) is 13.4. The van der Waals surface area contributed by atoms with E-state index in [1.807, 2.05) is 43.3 Å². The van der Waals surface area contributed by atoms with Gasteiger partial charge in [-0.1, -0.05) is 49.0 Å².